The van der Waals surface area contributed by atoms with Crippen LogP contribution in [-0.2, 0) is 0 Å². The first-order valence-corrected chi connectivity index (χ1v) is 11.9. The normalized spacial score (nSPS) is 17.1. The number of rotatable bonds is 5. The van der Waals surface area contributed by atoms with E-state index in [2.05, 4.69) is 40.2 Å². The Balaban J connectivity index is 1.65. The van der Waals surface area contributed by atoms with Crippen molar-refractivity contribution < 1.29 is 4.79 Å². The highest BCUT2D eigenvalue weighted by Crippen LogP contribution is 2.38. The van der Waals surface area contributed by atoms with Crippen molar-refractivity contribution in [2.24, 2.45) is 0 Å². The van der Waals surface area contributed by atoms with Crippen molar-refractivity contribution in [2.45, 2.75) is 19.0 Å². The van der Waals surface area contributed by atoms with E-state index in [1.54, 1.807) is 13.1 Å². The molecule has 0 radical (unpaired) electrons. The van der Waals surface area contributed by atoms with Gasteiger partial charge in [-0.05, 0) is 60.5 Å². The Morgan fingerprint density at radius 2 is 1.76 bits per heavy atom. The van der Waals surface area contributed by atoms with Crippen molar-refractivity contribution in [1.82, 2.24) is 10.2 Å². The zero-order chi connectivity index (χ0) is 24.2. The van der Waals surface area contributed by atoms with Gasteiger partial charge in [-0.25, -0.2) is 0 Å². The topological polar surface area (TPSA) is 59.4 Å². The molecule has 4 rings (SSSR count). The molecular weight excluding hydrogens is 467 g/mol. The lowest BCUT2D eigenvalue weighted by atomic mass is 9.98. The van der Waals surface area contributed by atoms with Gasteiger partial charge in [0.05, 0.1) is 28.4 Å². The van der Waals surface area contributed by atoms with E-state index in [4.69, 9.17) is 28.5 Å². The number of hydrogen-bond donors (Lipinski definition) is 1. The van der Waals surface area contributed by atoms with Gasteiger partial charge in [-0.2, -0.15) is 5.26 Å². The van der Waals surface area contributed by atoms with E-state index in [1.165, 1.54) is 5.56 Å². The SMILES string of the molecule is CNC(=O)c1ccc(N2CCN(C(C)c3ccc(C#N)cc3)C[C@H]2c2ccc(Cl)cc2)c(Cl)c1. The van der Waals surface area contributed by atoms with Crippen LogP contribution in [0.3, 0.4) is 0 Å². The zero-order valence-electron chi connectivity index (χ0n) is 19.1. The number of nitriles is 1. The predicted octanol–water partition coefficient (Wildman–Crippen LogP) is 5.85. The first kappa shape index (κ1) is 24.1. The van der Waals surface area contributed by atoms with Crippen LogP contribution >= 0.6 is 23.2 Å². The highest BCUT2D eigenvalue weighted by Gasteiger charge is 2.32. The molecule has 0 bridgehead atoms. The number of benzene rings is 3. The van der Waals surface area contributed by atoms with Gasteiger partial charge >= 0.3 is 0 Å². The lowest BCUT2D eigenvalue weighted by Gasteiger charge is -2.45. The van der Waals surface area contributed by atoms with Crippen LogP contribution in [0.15, 0.2) is 66.7 Å². The van der Waals surface area contributed by atoms with Crippen molar-refractivity contribution in [2.75, 3.05) is 31.6 Å². The van der Waals surface area contributed by atoms with Gasteiger partial charge in [-0.15, -0.1) is 0 Å². The summed E-state index contributed by atoms with van der Waals surface area (Å²) in [6.45, 7) is 4.60. The average molecular weight is 493 g/mol. The Morgan fingerprint density at radius 1 is 1.06 bits per heavy atom. The third-order valence-corrected chi connectivity index (χ3v) is 7.04. The number of halogens is 2. The van der Waals surface area contributed by atoms with Crippen LogP contribution in [0, 0.1) is 11.3 Å². The Kier molecular flexibility index (Phi) is 7.43. The van der Waals surface area contributed by atoms with E-state index in [1.807, 2.05) is 48.5 Å². The maximum absolute atomic E-state index is 12.0. The molecule has 174 valence electrons. The van der Waals surface area contributed by atoms with Crippen LogP contribution in [0.5, 0.6) is 0 Å². The van der Waals surface area contributed by atoms with Gasteiger partial charge in [0.15, 0.2) is 0 Å². The smallest absolute Gasteiger partial charge is 0.251 e. The van der Waals surface area contributed by atoms with E-state index in [-0.39, 0.29) is 18.0 Å². The third kappa shape index (κ3) is 5.05. The highest BCUT2D eigenvalue weighted by atomic mass is 35.5. The van der Waals surface area contributed by atoms with Crippen LogP contribution in [0.4, 0.5) is 5.69 Å². The summed E-state index contributed by atoms with van der Waals surface area (Å²) in [6, 6.07) is 23.6. The molecule has 1 heterocycles. The molecule has 0 spiro atoms. The van der Waals surface area contributed by atoms with E-state index in [9.17, 15) is 4.79 Å². The Bertz CT molecular complexity index is 1200. The molecule has 2 atom stereocenters. The second-order valence-electron chi connectivity index (χ2n) is 8.41. The molecule has 1 unspecified atom stereocenters. The molecule has 1 amide bonds. The lowest BCUT2D eigenvalue weighted by Crippen LogP contribution is -2.49. The van der Waals surface area contributed by atoms with E-state index < -0.39 is 0 Å². The number of hydrogen-bond acceptors (Lipinski definition) is 4. The van der Waals surface area contributed by atoms with Crippen molar-refractivity contribution in [3.63, 3.8) is 0 Å². The third-order valence-electron chi connectivity index (χ3n) is 6.48. The van der Waals surface area contributed by atoms with Crippen LogP contribution in [0.25, 0.3) is 0 Å². The van der Waals surface area contributed by atoms with Crippen molar-refractivity contribution in [3.8, 4) is 6.07 Å². The maximum Gasteiger partial charge on any atom is 0.251 e. The monoisotopic (exact) mass is 492 g/mol. The molecule has 3 aromatic carbocycles. The number of carbonyl (C=O) groups excluding carboxylic acids is 1. The predicted molar refractivity (Wildman–Crippen MR) is 138 cm³/mol. The van der Waals surface area contributed by atoms with Gasteiger partial charge in [-0.1, -0.05) is 47.5 Å². The molecule has 34 heavy (non-hydrogen) atoms. The molecule has 1 fully saturated rings. The number of piperazine rings is 1. The summed E-state index contributed by atoms with van der Waals surface area (Å²) >= 11 is 12.9. The minimum atomic E-state index is -0.163. The Morgan fingerprint density at radius 3 is 2.38 bits per heavy atom. The number of amides is 1. The summed E-state index contributed by atoms with van der Waals surface area (Å²) in [6.07, 6.45) is 0. The molecule has 1 aliphatic heterocycles. The molecular formula is C27H26Cl2N4O. The Labute approximate surface area is 210 Å². The van der Waals surface area contributed by atoms with E-state index in [0.717, 1.165) is 30.9 Å². The van der Waals surface area contributed by atoms with Gasteiger partial charge in [0, 0.05) is 43.3 Å². The summed E-state index contributed by atoms with van der Waals surface area (Å²) in [5.74, 6) is -0.163. The number of carbonyl (C=O) groups is 1. The summed E-state index contributed by atoms with van der Waals surface area (Å²) in [4.78, 5) is 16.8. The van der Waals surface area contributed by atoms with E-state index in [0.29, 0.717) is 21.2 Å². The number of nitrogens with one attached hydrogen (secondary N) is 1. The summed E-state index contributed by atoms with van der Waals surface area (Å²) < 4.78 is 0. The van der Waals surface area contributed by atoms with Gasteiger partial charge in [0.25, 0.3) is 5.91 Å². The van der Waals surface area contributed by atoms with Gasteiger partial charge in [-0.3, -0.25) is 9.69 Å². The molecule has 1 N–H and O–H groups in total. The molecule has 3 aromatic rings. The quantitative estimate of drug-likeness (QED) is 0.485. The first-order valence-electron chi connectivity index (χ1n) is 11.2. The lowest BCUT2D eigenvalue weighted by molar-refractivity contribution is 0.0963. The number of anilines is 1. The van der Waals surface area contributed by atoms with Crippen LogP contribution in [0.1, 0.15) is 46.1 Å². The largest absolute Gasteiger partial charge is 0.361 e. The zero-order valence-corrected chi connectivity index (χ0v) is 20.6. The molecule has 1 saturated heterocycles. The summed E-state index contributed by atoms with van der Waals surface area (Å²) in [5, 5.41) is 13.0. The second kappa shape index (κ2) is 10.5. The highest BCUT2D eigenvalue weighted by molar-refractivity contribution is 6.33. The fourth-order valence-electron chi connectivity index (χ4n) is 4.49. The summed E-state index contributed by atoms with van der Waals surface area (Å²) in [7, 11) is 1.61. The van der Waals surface area contributed by atoms with Crippen molar-refractivity contribution in [3.05, 3.63) is 99.0 Å². The van der Waals surface area contributed by atoms with Gasteiger partial charge < -0.3 is 10.2 Å². The van der Waals surface area contributed by atoms with E-state index >= 15 is 0 Å². The summed E-state index contributed by atoms with van der Waals surface area (Å²) in [5.41, 5.74) is 4.42. The fourth-order valence-corrected chi connectivity index (χ4v) is 4.90. The average Bonchev–Trinajstić information content (AvgIpc) is 2.88. The molecule has 1 aliphatic rings. The van der Waals surface area contributed by atoms with Crippen LogP contribution in [-0.4, -0.2) is 37.5 Å². The number of nitrogens with zero attached hydrogens (tertiary/aromatic N) is 3. The van der Waals surface area contributed by atoms with Gasteiger partial charge in [0.1, 0.15) is 0 Å². The minimum Gasteiger partial charge on any atom is -0.361 e. The van der Waals surface area contributed by atoms with Crippen LogP contribution in [0.2, 0.25) is 10.0 Å². The molecule has 0 aliphatic carbocycles. The minimum absolute atomic E-state index is 0.0511. The fraction of sp³-hybridized carbons (Fsp3) is 0.259. The first-order chi connectivity index (χ1) is 16.4. The van der Waals surface area contributed by atoms with Gasteiger partial charge in [0.2, 0.25) is 0 Å². The molecule has 5 nitrogen and oxygen atoms in total. The molecule has 7 heteroatoms. The molecule has 0 aromatic heterocycles. The maximum atomic E-state index is 12.0. The van der Waals surface area contributed by atoms with Crippen LogP contribution < -0.4 is 10.2 Å². The van der Waals surface area contributed by atoms with Crippen molar-refractivity contribution >= 4 is 34.8 Å². The molecule has 0 saturated carbocycles. The Hall–Kier alpha value is -3.04. The standard InChI is InChI=1S/C27H26Cl2N4O/c1-18(20-5-3-19(16-30)4-6-20)32-13-14-33(26(17-32)21-7-10-23(28)11-8-21)25-12-9-22(15-24(25)29)27(34)31-2/h3-12,15,18,26H,13-14,17H2,1-2H3,(H,31,34)/t18?,26-/m0/s1. The van der Waals surface area contributed by atoms with Crippen molar-refractivity contribution in [1.29, 1.82) is 5.26 Å². The second-order valence-corrected chi connectivity index (χ2v) is 9.25.